The minimum Gasteiger partial charge on any atom is -0.396 e. The number of aromatic nitrogens is 2. The zero-order chi connectivity index (χ0) is 20.3. The predicted molar refractivity (Wildman–Crippen MR) is 113 cm³/mol. The molecule has 1 aromatic heterocycles. The average Bonchev–Trinajstić information content (AvgIpc) is 3.07. The highest BCUT2D eigenvalue weighted by Gasteiger charge is 2.23. The molecule has 0 saturated heterocycles. The monoisotopic (exact) mass is 397 g/mol. The van der Waals surface area contributed by atoms with E-state index in [1.807, 2.05) is 68.6 Å². The van der Waals surface area contributed by atoms with E-state index in [2.05, 4.69) is 0 Å². The molecule has 0 unspecified atom stereocenters. The van der Waals surface area contributed by atoms with E-state index < -0.39 is 0 Å². The maximum atomic E-state index is 12.3. The molecule has 1 heterocycles. The molecule has 0 fully saturated rings. The molecule has 6 heteroatoms. The number of hydrogen-bond donors (Lipinski definition) is 1. The van der Waals surface area contributed by atoms with Gasteiger partial charge in [0.1, 0.15) is 0 Å². The summed E-state index contributed by atoms with van der Waals surface area (Å²) in [6.45, 7) is 5.59. The van der Waals surface area contributed by atoms with Crippen LogP contribution in [-0.4, -0.2) is 33.4 Å². The van der Waals surface area contributed by atoms with Gasteiger partial charge in [-0.25, -0.2) is 4.68 Å². The minimum atomic E-state index is -0.0678. The molecule has 0 aliphatic heterocycles. The second-order valence-electron chi connectivity index (χ2n) is 6.94. The van der Waals surface area contributed by atoms with Gasteiger partial charge < -0.3 is 5.11 Å². The number of benzene rings is 2. The smallest absolute Gasteiger partial charge is 0.225 e. The van der Waals surface area contributed by atoms with Crippen LogP contribution in [0, 0.1) is 0 Å². The summed E-state index contributed by atoms with van der Waals surface area (Å²) in [5, 5.41) is 14.5. The van der Waals surface area contributed by atoms with Crippen molar-refractivity contribution in [2.45, 2.75) is 33.2 Å². The van der Waals surface area contributed by atoms with Gasteiger partial charge in [0, 0.05) is 36.4 Å². The quantitative estimate of drug-likeness (QED) is 0.666. The second-order valence-corrected chi connectivity index (χ2v) is 7.38. The highest BCUT2D eigenvalue weighted by Crippen LogP contribution is 2.33. The Balaban J connectivity index is 2.13. The van der Waals surface area contributed by atoms with Crippen LogP contribution in [0.2, 0.25) is 5.02 Å². The van der Waals surface area contributed by atoms with Gasteiger partial charge in [0.15, 0.2) is 5.82 Å². The first-order valence-corrected chi connectivity index (χ1v) is 9.64. The van der Waals surface area contributed by atoms with Gasteiger partial charge in [0.05, 0.1) is 5.69 Å². The zero-order valence-corrected chi connectivity index (χ0v) is 17.0. The number of anilines is 1. The molecular formula is C22H24ClN3O2. The van der Waals surface area contributed by atoms with Gasteiger partial charge in [-0.3, -0.25) is 9.69 Å². The van der Waals surface area contributed by atoms with Crippen molar-refractivity contribution in [2.75, 3.05) is 11.5 Å². The third-order valence-corrected chi connectivity index (χ3v) is 4.75. The van der Waals surface area contributed by atoms with Crippen LogP contribution >= 0.6 is 11.6 Å². The number of carbonyl (C=O) groups excluding carboxylic acids is 1. The lowest BCUT2D eigenvalue weighted by Crippen LogP contribution is -2.35. The van der Waals surface area contributed by atoms with E-state index in [0.717, 1.165) is 22.4 Å². The summed E-state index contributed by atoms with van der Waals surface area (Å²) in [5.41, 5.74) is 3.67. The molecule has 3 aromatic rings. The van der Waals surface area contributed by atoms with Crippen molar-refractivity contribution in [3.63, 3.8) is 0 Å². The molecule has 2 aromatic carbocycles. The Bertz CT molecular complexity index is 964. The molecule has 0 saturated carbocycles. The molecule has 0 bridgehead atoms. The Hall–Kier alpha value is -2.63. The molecule has 0 aliphatic carbocycles. The Morgan fingerprint density at radius 1 is 1.21 bits per heavy atom. The summed E-state index contributed by atoms with van der Waals surface area (Å²) in [4.78, 5) is 14.0. The van der Waals surface area contributed by atoms with Crippen LogP contribution in [0.5, 0.6) is 0 Å². The van der Waals surface area contributed by atoms with Crippen molar-refractivity contribution in [1.82, 2.24) is 9.78 Å². The molecule has 5 nitrogen and oxygen atoms in total. The lowest BCUT2D eigenvalue weighted by atomic mass is 10.1. The third-order valence-electron chi connectivity index (χ3n) is 4.52. The zero-order valence-electron chi connectivity index (χ0n) is 16.3. The van der Waals surface area contributed by atoms with Crippen LogP contribution in [0.3, 0.4) is 0 Å². The summed E-state index contributed by atoms with van der Waals surface area (Å²) in [6, 6.07) is 15.3. The maximum Gasteiger partial charge on any atom is 0.225 e. The van der Waals surface area contributed by atoms with Gasteiger partial charge in [0.25, 0.3) is 0 Å². The van der Waals surface area contributed by atoms with Crippen LogP contribution in [-0.2, 0) is 11.2 Å². The van der Waals surface area contributed by atoms with Gasteiger partial charge in [-0.15, -0.1) is 5.10 Å². The fourth-order valence-corrected chi connectivity index (χ4v) is 3.43. The molecule has 0 aliphatic rings. The summed E-state index contributed by atoms with van der Waals surface area (Å²) < 4.78 is 1.77. The van der Waals surface area contributed by atoms with Crippen LogP contribution in [0.15, 0.2) is 54.7 Å². The van der Waals surface area contributed by atoms with E-state index in [9.17, 15) is 4.79 Å². The minimum absolute atomic E-state index is 0.0364. The second kappa shape index (κ2) is 8.59. The predicted octanol–water partition coefficient (Wildman–Crippen LogP) is 4.49. The van der Waals surface area contributed by atoms with Crippen molar-refractivity contribution in [1.29, 1.82) is 0 Å². The van der Waals surface area contributed by atoms with Crippen molar-refractivity contribution in [2.24, 2.45) is 0 Å². The molecule has 28 heavy (non-hydrogen) atoms. The number of rotatable bonds is 6. The van der Waals surface area contributed by atoms with E-state index in [1.165, 1.54) is 0 Å². The van der Waals surface area contributed by atoms with Gasteiger partial charge in [0.2, 0.25) is 5.91 Å². The van der Waals surface area contributed by atoms with E-state index in [1.54, 1.807) is 16.5 Å². The number of aliphatic hydroxyl groups is 1. The van der Waals surface area contributed by atoms with Crippen LogP contribution in [0.1, 0.15) is 26.3 Å². The summed E-state index contributed by atoms with van der Waals surface area (Å²) in [7, 11) is 0. The SMILES string of the molecule is CC(=O)N(c1nn(-c2ccc(CCO)cc2)cc1-c1cccc(Cl)c1)C(C)C. The Morgan fingerprint density at radius 2 is 1.93 bits per heavy atom. The first kappa shape index (κ1) is 20.1. The number of amides is 1. The van der Waals surface area contributed by atoms with Gasteiger partial charge >= 0.3 is 0 Å². The molecule has 3 rings (SSSR count). The first-order valence-electron chi connectivity index (χ1n) is 9.26. The summed E-state index contributed by atoms with van der Waals surface area (Å²) in [5.74, 6) is 0.533. The van der Waals surface area contributed by atoms with E-state index in [-0.39, 0.29) is 18.6 Å². The number of nitrogens with zero attached hydrogens (tertiary/aromatic N) is 3. The molecule has 0 radical (unpaired) electrons. The fraction of sp³-hybridized carbons (Fsp3) is 0.273. The number of carbonyl (C=O) groups is 1. The first-order chi connectivity index (χ1) is 13.4. The lowest BCUT2D eigenvalue weighted by molar-refractivity contribution is -0.116. The fourth-order valence-electron chi connectivity index (χ4n) is 3.24. The van der Waals surface area contributed by atoms with Crippen molar-refractivity contribution >= 4 is 23.3 Å². The number of halogens is 1. The molecule has 146 valence electrons. The van der Waals surface area contributed by atoms with Gasteiger partial charge in [-0.2, -0.15) is 0 Å². The third kappa shape index (κ3) is 4.26. The van der Waals surface area contributed by atoms with Crippen LogP contribution < -0.4 is 4.90 Å². The van der Waals surface area contributed by atoms with E-state index >= 15 is 0 Å². The normalized spacial score (nSPS) is 11.1. The summed E-state index contributed by atoms with van der Waals surface area (Å²) in [6.07, 6.45) is 2.53. The number of hydrogen-bond acceptors (Lipinski definition) is 3. The average molecular weight is 398 g/mol. The Labute approximate surface area is 170 Å². The topological polar surface area (TPSA) is 58.4 Å². The standard InChI is InChI=1S/C22H24ClN3O2/c1-15(2)26(16(3)28)22-21(18-5-4-6-19(23)13-18)14-25(24-22)20-9-7-17(8-10-20)11-12-27/h4-10,13-15,27H,11-12H2,1-3H3. The molecule has 0 atom stereocenters. The van der Waals surface area contributed by atoms with Crippen molar-refractivity contribution in [3.8, 4) is 16.8 Å². The molecule has 1 amide bonds. The largest absolute Gasteiger partial charge is 0.396 e. The Morgan fingerprint density at radius 3 is 2.50 bits per heavy atom. The van der Waals surface area contributed by atoms with Gasteiger partial charge in [-0.1, -0.05) is 35.9 Å². The molecular weight excluding hydrogens is 374 g/mol. The molecule has 1 N–H and O–H groups in total. The Kier molecular flexibility index (Phi) is 6.17. The summed E-state index contributed by atoms with van der Waals surface area (Å²) >= 11 is 6.19. The lowest BCUT2D eigenvalue weighted by Gasteiger charge is -2.24. The highest BCUT2D eigenvalue weighted by molar-refractivity contribution is 6.30. The number of aliphatic hydroxyl groups excluding tert-OH is 1. The van der Waals surface area contributed by atoms with E-state index in [0.29, 0.717) is 17.3 Å². The van der Waals surface area contributed by atoms with Crippen LogP contribution in [0.25, 0.3) is 16.8 Å². The van der Waals surface area contributed by atoms with E-state index in [4.69, 9.17) is 21.8 Å². The highest BCUT2D eigenvalue weighted by atomic mass is 35.5. The van der Waals surface area contributed by atoms with Gasteiger partial charge in [-0.05, 0) is 55.7 Å². The maximum absolute atomic E-state index is 12.3. The molecule has 0 spiro atoms. The van der Waals surface area contributed by atoms with Crippen molar-refractivity contribution < 1.29 is 9.90 Å². The van der Waals surface area contributed by atoms with Crippen molar-refractivity contribution in [3.05, 3.63) is 65.3 Å². The van der Waals surface area contributed by atoms with Crippen LogP contribution in [0.4, 0.5) is 5.82 Å².